The molecule has 5 aromatic carbocycles. The Balaban J connectivity index is 1.46. The highest BCUT2D eigenvalue weighted by molar-refractivity contribution is 5.83. The van der Waals surface area contributed by atoms with Crippen LogP contribution >= 0.6 is 0 Å². The molecule has 0 aromatic heterocycles. The van der Waals surface area contributed by atoms with Crippen molar-refractivity contribution in [3.63, 3.8) is 0 Å². The second-order valence-electron chi connectivity index (χ2n) is 15.6. The van der Waals surface area contributed by atoms with Gasteiger partial charge in [-0.05, 0) is 89.8 Å². The van der Waals surface area contributed by atoms with Gasteiger partial charge in [-0.25, -0.2) is 0 Å². The van der Waals surface area contributed by atoms with Gasteiger partial charge >= 0.3 is 0 Å². The van der Waals surface area contributed by atoms with E-state index in [1.54, 1.807) is 0 Å². The van der Waals surface area contributed by atoms with E-state index in [1.807, 2.05) is 0 Å². The molecule has 5 aromatic rings. The summed E-state index contributed by atoms with van der Waals surface area (Å²) >= 11 is 0. The number of hydrogen-bond donors (Lipinski definition) is 0. The van der Waals surface area contributed by atoms with Crippen LogP contribution < -0.4 is 28.7 Å². The van der Waals surface area contributed by atoms with E-state index >= 15 is 0 Å². The first-order valence-corrected chi connectivity index (χ1v) is 21.7. The smallest absolute Gasteiger partial charge is 0.126 e. The molecule has 0 saturated carbocycles. The second-order valence-corrected chi connectivity index (χ2v) is 15.6. The van der Waals surface area contributed by atoms with E-state index in [0.717, 1.165) is 74.7 Å². The van der Waals surface area contributed by atoms with Gasteiger partial charge in [-0.3, -0.25) is 0 Å². The predicted molar refractivity (Wildman–Crippen MR) is 236 cm³/mol. The molecule has 6 nitrogen and oxygen atoms in total. The molecule has 0 fully saturated rings. The van der Waals surface area contributed by atoms with Gasteiger partial charge in [-0.2, -0.15) is 0 Å². The van der Waals surface area contributed by atoms with Gasteiger partial charge in [0.15, 0.2) is 0 Å². The molecule has 0 amide bonds. The van der Waals surface area contributed by atoms with E-state index in [2.05, 4.69) is 135 Å². The quantitative estimate of drug-likeness (QED) is 0.0977. The largest absolute Gasteiger partial charge is 0.493 e. The number of rotatable bonds is 16. The Morgan fingerprint density at radius 1 is 0.421 bits per heavy atom. The van der Waals surface area contributed by atoms with Crippen LogP contribution in [0.5, 0.6) is 23.0 Å². The summed E-state index contributed by atoms with van der Waals surface area (Å²) < 4.78 is 27.0. The minimum Gasteiger partial charge on any atom is -0.493 e. The molecule has 2 aliphatic rings. The molecule has 0 spiro atoms. The predicted octanol–water partition coefficient (Wildman–Crippen LogP) is 12.2. The van der Waals surface area contributed by atoms with Crippen molar-refractivity contribution >= 4 is 17.1 Å². The first kappa shape index (κ1) is 40.1. The summed E-state index contributed by atoms with van der Waals surface area (Å²) in [6, 6.07) is 33.6. The third-order valence-electron chi connectivity index (χ3n) is 11.0. The first-order chi connectivity index (χ1) is 28.1. The summed E-state index contributed by atoms with van der Waals surface area (Å²) in [5.74, 6) is 3.91. The molecule has 1 aliphatic carbocycles. The van der Waals surface area contributed by atoms with Crippen molar-refractivity contribution in [1.29, 1.82) is 0 Å². The Morgan fingerprint density at radius 3 is 1.18 bits per heavy atom. The van der Waals surface area contributed by atoms with Gasteiger partial charge in [-0.15, -0.1) is 0 Å². The van der Waals surface area contributed by atoms with Crippen LogP contribution in [0.3, 0.4) is 0 Å². The van der Waals surface area contributed by atoms with Crippen LogP contribution in [0.15, 0.2) is 91.0 Å². The van der Waals surface area contributed by atoms with Crippen LogP contribution in [-0.4, -0.2) is 39.6 Å². The van der Waals surface area contributed by atoms with E-state index in [9.17, 15) is 0 Å². The Labute approximate surface area is 341 Å². The highest BCUT2D eigenvalue weighted by atomic mass is 16.5. The van der Waals surface area contributed by atoms with Crippen LogP contribution in [0.2, 0.25) is 0 Å². The molecule has 0 N–H and O–H groups in total. The van der Waals surface area contributed by atoms with Crippen LogP contribution in [0.25, 0.3) is 0 Å². The lowest BCUT2D eigenvalue weighted by molar-refractivity contribution is 0.304. The summed E-state index contributed by atoms with van der Waals surface area (Å²) in [7, 11) is 0. The van der Waals surface area contributed by atoms with Crippen molar-refractivity contribution in [2.45, 2.75) is 98.8 Å². The van der Waals surface area contributed by atoms with Crippen molar-refractivity contribution in [3.8, 4) is 23.0 Å². The molecule has 0 radical (unpaired) electrons. The summed E-state index contributed by atoms with van der Waals surface area (Å²) in [6.45, 7) is 15.4. The van der Waals surface area contributed by atoms with Crippen molar-refractivity contribution in [3.05, 3.63) is 136 Å². The number of para-hydroxylation sites is 5. The maximum Gasteiger partial charge on any atom is 0.126 e. The lowest BCUT2D eigenvalue weighted by Gasteiger charge is -2.26. The lowest BCUT2D eigenvalue weighted by atomic mass is 9.91. The lowest BCUT2D eigenvalue weighted by Crippen LogP contribution is -2.28. The normalized spacial score (nSPS) is 13.4. The molecule has 8 bridgehead atoms. The Hall–Kier alpha value is -5.10. The van der Waals surface area contributed by atoms with Gasteiger partial charge in [0.05, 0.1) is 44.5 Å². The molecule has 57 heavy (non-hydrogen) atoms. The fourth-order valence-electron chi connectivity index (χ4n) is 8.33. The number of hydrogen-bond acceptors (Lipinski definition) is 6. The number of nitrogens with zero attached hydrogens (tertiary/aromatic N) is 2. The van der Waals surface area contributed by atoms with E-state index in [0.29, 0.717) is 52.1 Å². The van der Waals surface area contributed by atoms with Gasteiger partial charge in [0.1, 0.15) is 23.0 Å². The molecule has 0 saturated heterocycles. The van der Waals surface area contributed by atoms with E-state index < -0.39 is 0 Å². The topological polar surface area (TPSA) is 43.4 Å². The van der Waals surface area contributed by atoms with Crippen molar-refractivity contribution < 1.29 is 18.9 Å². The molecule has 0 atom stereocenters. The van der Waals surface area contributed by atoms with Gasteiger partial charge in [-0.1, -0.05) is 108 Å². The van der Waals surface area contributed by atoms with Crippen LogP contribution in [-0.2, 0) is 25.7 Å². The maximum atomic E-state index is 6.87. The minimum atomic E-state index is 0.643. The van der Waals surface area contributed by atoms with E-state index in [1.165, 1.54) is 61.6 Å². The van der Waals surface area contributed by atoms with E-state index in [-0.39, 0.29) is 0 Å². The summed E-state index contributed by atoms with van der Waals surface area (Å²) in [5, 5.41) is 0. The van der Waals surface area contributed by atoms with Crippen molar-refractivity contribution in [1.82, 2.24) is 0 Å². The zero-order chi connectivity index (χ0) is 39.6. The highest BCUT2D eigenvalue weighted by Crippen LogP contribution is 2.45. The molecule has 7 rings (SSSR count). The molecule has 6 heteroatoms. The standard InChI is InChI=1S/C51H62N2O4/c1-6-11-25-52-36-53(47-24-13-12-23-46(47)52)45-34-43-32-41-21-15-19-39(49(41)55-27-8-3)30-37-17-14-18-38(48(37)54-26-7-2)31-40-20-16-22-42(50(40)56-28-9-4)33-44(35-45)51(43)57-29-10-5/h12-24,34-35H,6-11,25-33,36H2,1-5H3. The SMILES string of the molecule is CCCCN1CN(c2cc3c(OCCC)c(c2)Cc2cccc(c2OCCC)Cc2cccc(c2OCCC)Cc2cccc(c2OCCC)C3)c2ccccc21. The molecule has 300 valence electrons. The highest BCUT2D eigenvalue weighted by Gasteiger charge is 2.29. The fraction of sp³-hybridized carbons (Fsp3) is 0.412. The molecule has 0 unspecified atom stereocenters. The number of ether oxygens (including phenoxy) is 4. The van der Waals surface area contributed by atoms with Crippen LogP contribution in [0.4, 0.5) is 17.1 Å². The number of fused-ring (bicyclic) bond motifs is 9. The monoisotopic (exact) mass is 766 g/mol. The minimum absolute atomic E-state index is 0.643. The third kappa shape index (κ3) is 9.06. The average Bonchev–Trinajstić information content (AvgIpc) is 3.60. The zero-order valence-corrected chi connectivity index (χ0v) is 35.0. The van der Waals surface area contributed by atoms with Gasteiger partial charge in [0, 0.05) is 49.0 Å². The first-order valence-electron chi connectivity index (χ1n) is 21.7. The van der Waals surface area contributed by atoms with Gasteiger partial charge < -0.3 is 28.7 Å². The van der Waals surface area contributed by atoms with Crippen LogP contribution in [0, 0.1) is 0 Å². The Kier molecular flexibility index (Phi) is 13.6. The number of benzene rings is 5. The Bertz CT molecular complexity index is 2010. The fourth-order valence-corrected chi connectivity index (χ4v) is 8.33. The average molecular weight is 767 g/mol. The van der Waals surface area contributed by atoms with Gasteiger partial charge in [0.25, 0.3) is 0 Å². The van der Waals surface area contributed by atoms with Crippen molar-refractivity contribution in [2.24, 2.45) is 0 Å². The Morgan fingerprint density at radius 2 is 0.789 bits per heavy atom. The molecule has 1 heterocycles. The molecular formula is C51H62N2O4. The zero-order valence-electron chi connectivity index (χ0n) is 35.0. The third-order valence-corrected chi connectivity index (χ3v) is 11.0. The number of unbranched alkanes of at least 4 members (excludes halogenated alkanes) is 1. The van der Waals surface area contributed by atoms with Crippen LogP contribution in [0.1, 0.15) is 118 Å². The van der Waals surface area contributed by atoms with Crippen molar-refractivity contribution in [2.75, 3.05) is 49.4 Å². The maximum absolute atomic E-state index is 6.87. The second kappa shape index (κ2) is 19.4. The van der Waals surface area contributed by atoms with E-state index in [4.69, 9.17) is 18.9 Å². The summed E-state index contributed by atoms with van der Waals surface area (Å²) in [4.78, 5) is 5.03. The molecular weight excluding hydrogens is 705 g/mol. The summed E-state index contributed by atoms with van der Waals surface area (Å²) in [5.41, 5.74) is 13.1. The number of anilines is 3. The van der Waals surface area contributed by atoms with Gasteiger partial charge in [0.2, 0.25) is 0 Å². The summed E-state index contributed by atoms with van der Waals surface area (Å²) in [6.07, 6.45) is 8.83. The molecule has 1 aliphatic heterocycles.